The van der Waals surface area contributed by atoms with E-state index in [4.69, 9.17) is 9.47 Å². The maximum absolute atomic E-state index is 13.1. The highest BCUT2D eigenvalue weighted by Gasteiger charge is 2.26. The zero-order chi connectivity index (χ0) is 20.9. The van der Waals surface area contributed by atoms with Crippen molar-refractivity contribution in [3.63, 3.8) is 0 Å². The van der Waals surface area contributed by atoms with Gasteiger partial charge in [0, 0.05) is 16.8 Å². The molecule has 3 aromatic rings. The number of amides is 1. The Morgan fingerprint density at radius 2 is 1.83 bits per heavy atom. The molecule has 1 aliphatic carbocycles. The van der Waals surface area contributed by atoms with Crippen LogP contribution in [0.15, 0.2) is 53.5 Å². The Bertz CT molecular complexity index is 1050. The number of aryl methyl sites for hydroxylation is 1. The molecule has 0 saturated heterocycles. The molecule has 1 heterocycles. The standard InChI is InChI=1S/C24H24N2O3S/c1-3-29-19-13-9-17(10-14-19)26-23(27)22-20-5-4-6-21(20)30-24(22)25-15-16-7-11-18(28-2)12-8-16/h7-15H,3-6H2,1-2H3,(H,26,27)/b25-15+. The molecule has 2 aromatic carbocycles. The van der Waals surface area contributed by atoms with E-state index in [1.165, 1.54) is 4.88 Å². The molecule has 1 aromatic heterocycles. The number of hydrogen-bond donors (Lipinski definition) is 1. The van der Waals surface area contributed by atoms with Crippen LogP contribution in [-0.4, -0.2) is 25.8 Å². The zero-order valence-electron chi connectivity index (χ0n) is 17.1. The fourth-order valence-corrected chi connectivity index (χ4v) is 4.76. The number of rotatable bonds is 7. The van der Waals surface area contributed by atoms with Crippen LogP contribution in [0.1, 0.15) is 39.7 Å². The molecule has 1 amide bonds. The number of anilines is 1. The number of thiophene rings is 1. The van der Waals surface area contributed by atoms with E-state index in [1.54, 1.807) is 24.7 Å². The van der Waals surface area contributed by atoms with Gasteiger partial charge in [-0.15, -0.1) is 11.3 Å². The lowest BCUT2D eigenvalue weighted by molar-refractivity contribution is 0.102. The number of fused-ring (bicyclic) bond motifs is 1. The van der Waals surface area contributed by atoms with Crippen molar-refractivity contribution >= 4 is 34.1 Å². The van der Waals surface area contributed by atoms with Crippen LogP contribution in [0.25, 0.3) is 0 Å². The monoisotopic (exact) mass is 420 g/mol. The van der Waals surface area contributed by atoms with Gasteiger partial charge in [0.2, 0.25) is 0 Å². The Morgan fingerprint density at radius 1 is 1.10 bits per heavy atom. The second kappa shape index (κ2) is 9.13. The minimum Gasteiger partial charge on any atom is -0.497 e. The Morgan fingerprint density at radius 3 is 2.53 bits per heavy atom. The largest absolute Gasteiger partial charge is 0.497 e. The molecule has 0 atom stereocenters. The van der Waals surface area contributed by atoms with E-state index >= 15 is 0 Å². The fourth-order valence-electron chi connectivity index (χ4n) is 3.53. The number of benzene rings is 2. The summed E-state index contributed by atoms with van der Waals surface area (Å²) in [6, 6.07) is 15.1. The summed E-state index contributed by atoms with van der Waals surface area (Å²) in [5.74, 6) is 1.48. The molecule has 0 aliphatic heterocycles. The first-order valence-corrected chi connectivity index (χ1v) is 10.9. The van der Waals surface area contributed by atoms with Crippen LogP contribution in [0, 0.1) is 0 Å². The first-order chi connectivity index (χ1) is 14.7. The van der Waals surface area contributed by atoms with Gasteiger partial charge in [0.15, 0.2) is 0 Å². The van der Waals surface area contributed by atoms with Gasteiger partial charge >= 0.3 is 0 Å². The molecular formula is C24H24N2O3S. The molecule has 5 nitrogen and oxygen atoms in total. The van der Waals surface area contributed by atoms with Crippen LogP contribution in [-0.2, 0) is 12.8 Å². The van der Waals surface area contributed by atoms with Crippen LogP contribution < -0.4 is 14.8 Å². The topological polar surface area (TPSA) is 59.9 Å². The molecule has 30 heavy (non-hydrogen) atoms. The number of aliphatic imine (C=N–C) groups is 1. The normalized spacial score (nSPS) is 12.7. The first kappa shape index (κ1) is 20.2. The number of ether oxygens (including phenoxy) is 2. The van der Waals surface area contributed by atoms with Gasteiger partial charge in [0.05, 0.1) is 19.3 Å². The highest BCUT2D eigenvalue weighted by atomic mass is 32.1. The summed E-state index contributed by atoms with van der Waals surface area (Å²) >= 11 is 1.62. The minimum atomic E-state index is -0.111. The summed E-state index contributed by atoms with van der Waals surface area (Å²) in [5, 5.41) is 3.78. The van der Waals surface area contributed by atoms with E-state index in [0.717, 1.165) is 52.6 Å². The molecule has 6 heteroatoms. The van der Waals surface area contributed by atoms with Gasteiger partial charge in [0.1, 0.15) is 16.5 Å². The summed E-state index contributed by atoms with van der Waals surface area (Å²) in [6.07, 6.45) is 4.83. The molecule has 1 N–H and O–H groups in total. The van der Waals surface area contributed by atoms with Crippen molar-refractivity contribution in [1.29, 1.82) is 0 Å². The van der Waals surface area contributed by atoms with Crippen molar-refractivity contribution in [2.24, 2.45) is 4.99 Å². The van der Waals surface area contributed by atoms with E-state index < -0.39 is 0 Å². The molecule has 0 unspecified atom stereocenters. The van der Waals surface area contributed by atoms with E-state index in [-0.39, 0.29) is 5.91 Å². The number of nitrogens with zero attached hydrogens (tertiary/aromatic N) is 1. The van der Waals surface area contributed by atoms with Gasteiger partial charge in [-0.25, -0.2) is 4.99 Å². The summed E-state index contributed by atoms with van der Waals surface area (Å²) in [4.78, 5) is 19.1. The van der Waals surface area contributed by atoms with Crippen molar-refractivity contribution in [3.8, 4) is 11.5 Å². The second-order valence-electron chi connectivity index (χ2n) is 6.98. The second-order valence-corrected chi connectivity index (χ2v) is 8.06. The summed E-state index contributed by atoms with van der Waals surface area (Å²) < 4.78 is 10.7. The average molecular weight is 421 g/mol. The Hall–Kier alpha value is -3.12. The van der Waals surface area contributed by atoms with Crippen LogP contribution in [0.5, 0.6) is 11.5 Å². The number of carbonyl (C=O) groups is 1. The van der Waals surface area contributed by atoms with Gasteiger partial charge in [-0.05, 0) is 85.8 Å². The Kier molecular flexibility index (Phi) is 6.14. The van der Waals surface area contributed by atoms with E-state index in [2.05, 4.69) is 10.3 Å². The third-order valence-corrected chi connectivity index (χ3v) is 6.20. The van der Waals surface area contributed by atoms with Crippen LogP contribution in [0.4, 0.5) is 10.7 Å². The Labute approximate surface area is 180 Å². The molecule has 1 aliphatic rings. The predicted octanol–water partition coefficient (Wildman–Crippen LogP) is 5.65. The molecule has 0 radical (unpaired) electrons. The highest BCUT2D eigenvalue weighted by molar-refractivity contribution is 7.16. The SMILES string of the molecule is CCOc1ccc(NC(=O)c2c(/N=C/c3ccc(OC)cc3)sc3c2CCC3)cc1. The molecular weight excluding hydrogens is 396 g/mol. The van der Waals surface area contributed by atoms with Crippen molar-refractivity contribution in [3.05, 3.63) is 70.1 Å². The van der Waals surface area contributed by atoms with E-state index in [1.807, 2.05) is 55.5 Å². The van der Waals surface area contributed by atoms with Crippen molar-refractivity contribution in [1.82, 2.24) is 0 Å². The van der Waals surface area contributed by atoms with E-state index in [0.29, 0.717) is 12.2 Å². The molecule has 0 saturated carbocycles. The van der Waals surface area contributed by atoms with Gasteiger partial charge in [-0.3, -0.25) is 4.79 Å². The Balaban J connectivity index is 1.57. The highest BCUT2D eigenvalue weighted by Crippen LogP contribution is 2.41. The predicted molar refractivity (Wildman–Crippen MR) is 122 cm³/mol. The van der Waals surface area contributed by atoms with Crippen LogP contribution in [0.3, 0.4) is 0 Å². The van der Waals surface area contributed by atoms with Gasteiger partial charge in [0.25, 0.3) is 5.91 Å². The summed E-state index contributed by atoms with van der Waals surface area (Å²) in [5.41, 5.74) is 3.55. The maximum Gasteiger partial charge on any atom is 0.259 e. The first-order valence-electron chi connectivity index (χ1n) is 10.0. The molecule has 0 bridgehead atoms. The van der Waals surface area contributed by atoms with Crippen LogP contribution >= 0.6 is 11.3 Å². The van der Waals surface area contributed by atoms with Crippen molar-refractivity contribution in [2.45, 2.75) is 26.2 Å². The lowest BCUT2D eigenvalue weighted by atomic mass is 10.1. The minimum absolute atomic E-state index is 0.111. The van der Waals surface area contributed by atoms with Gasteiger partial charge in [-0.1, -0.05) is 0 Å². The average Bonchev–Trinajstić information content (AvgIpc) is 3.35. The molecule has 4 rings (SSSR count). The summed E-state index contributed by atoms with van der Waals surface area (Å²) in [6.45, 7) is 2.56. The number of carbonyl (C=O) groups excluding carboxylic acids is 1. The lowest BCUT2D eigenvalue weighted by Gasteiger charge is -2.08. The maximum atomic E-state index is 13.1. The van der Waals surface area contributed by atoms with Gasteiger partial charge < -0.3 is 14.8 Å². The van der Waals surface area contributed by atoms with Crippen LogP contribution in [0.2, 0.25) is 0 Å². The number of nitrogens with one attached hydrogen (secondary N) is 1. The molecule has 0 spiro atoms. The third-order valence-electron chi connectivity index (χ3n) is 5.00. The number of hydrogen-bond acceptors (Lipinski definition) is 5. The number of methoxy groups -OCH3 is 1. The van der Waals surface area contributed by atoms with E-state index in [9.17, 15) is 4.79 Å². The van der Waals surface area contributed by atoms with Gasteiger partial charge in [-0.2, -0.15) is 0 Å². The smallest absolute Gasteiger partial charge is 0.259 e. The lowest BCUT2D eigenvalue weighted by Crippen LogP contribution is -2.13. The summed E-state index contributed by atoms with van der Waals surface area (Å²) in [7, 11) is 1.64. The van der Waals surface area contributed by atoms with Crippen molar-refractivity contribution < 1.29 is 14.3 Å². The molecule has 0 fully saturated rings. The quantitative estimate of drug-likeness (QED) is 0.503. The third kappa shape index (κ3) is 4.39. The molecule has 154 valence electrons. The zero-order valence-corrected chi connectivity index (χ0v) is 17.9. The fraction of sp³-hybridized carbons (Fsp3) is 0.250. The van der Waals surface area contributed by atoms with Crippen molar-refractivity contribution in [2.75, 3.05) is 19.0 Å².